The standard InChI is InChI=1S/C18H18FN5O2/c19-14-3-1-2-4-17(14)26-18-8-7-15(21-22-18)13-6-5-12(11-16(13)25)24-10-9-20-23-24/h5-11,14,17,25H,1-4H2/t14-,17+/m0/s1. The molecule has 1 aliphatic rings. The second-order valence-corrected chi connectivity index (χ2v) is 6.26. The van der Waals surface area contributed by atoms with Crippen molar-refractivity contribution in [2.75, 3.05) is 0 Å². The highest BCUT2D eigenvalue weighted by Gasteiger charge is 2.26. The summed E-state index contributed by atoms with van der Waals surface area (Å²) in [6.07, 6.45) is 4.90. The SMILES string of the molecule is Oc1cc(-n2ccnn2)ccc1-c1ccc(O[C@@H]2CCCC[C@@H]2F)nn1. The summed E-state index contributed by atoms with van der Waals surface area (Å²) in [5.41, 5.74) is 1.72. The van der Waals surface area contributed by atoms with E-state index in [0.717, 1.165) is 12.8 Å². The second kappa shape index (κ2) is 7.07. The van der Waals surface area contributed by atoms with Crippen LogP contribution in [0, 0.1) is 0 Å². The molecular formula is C18H18FN5O2. The summed E-state index contributed by atoms with van der Waals surface area (Å²) < 4.78 is 21.0. The Morgan fingerprint density at radius 1 is 1.12 bits per heavy atom. The van der Waals surface area contributed by atoms with Gasteiger partial charge in [-0.2, -0.15) is 0 Å². The number of ether oxygens (including phenoxy) is 1. The first-order valence-electron chi connectivity index (χ1n) is 8.55. The van der Waals surface area contributed by atoms with Gasteiger partial charge in [-0.3, -0.25) is 0 Å². The zero-order chi connectivity index (χ0) is 17.9. The number of rotatable bonds is 4. The van der Waals surface area contributed by atoms with E-state index in [1.807, 2.05) is 0 Å². The van der Waals surface area contributed by atoms with E-state index in [4.69, 9.17) is 4.74 Å². The molecule has 0 spiro atoms. The molecule has 1 aromatic carbocycles. The summed E-state index contributed by atoms with van der Waals surface area (Å²) in [4.78, 5) is 0. The molecule has 0 unspecified atom stereocenters. The van der Waals surface area contributed by atoms with Crippen LogP contribution in [0.1, 0.15) is 25.7 Å². The highest BCUT2D eigenvalue weighted by Crippen LogP contribution is 2.30. The molecule has 0 radical (unpaired) electrons. The zero-order valence-electron chi connectivity index (χ0n) is 14.0. The lowest BCUT2D eigenvalue weighted by Gasteiger charge is -2.25. The van der Waals surface area contributed by atoms with E-state index in [2.05, 4.69) is 20.5 Å². The average Bonchev–Trinajstić information content (AvgIpc) is 3.19. The van der Waals surface area contributed by atoms with Crippen molar-refractivity contribution in [1.29, 1.82) is 0 Å². The third kappa shape index (κ3) is 3.35. The van der Waals surface area contributed by atoms with E-state index >= 15 is 0 Å². The maximum Gasteiger partial charge on any atom is 0.233 e. The molecule has 1 aliphatic carbocycles. The minimum absolute atomic E-state index is 0.0528. The lowest BCUT2D eigenvalue weighted by atomic mass is 9.96. The molecule has 7 nitrogen and oxygen atoms in total. The van der Waals surface area contributed by atoms with Crippen LogP contribution in [0.25, 0.3) is 16.9 Å². The van der Waals surface area contributed by atoms with Crippen molar-refractivity contribution in [3.05, 3.63) is 42.7 Å². The van der Waals surface area contributed by atoms with E-state index in [0.29, 0.717) is 35.7 Å². The molecule has 4 rings (SSSR count). The van der Waals surface area contributed by atoms with Crippen molar-refractivity contribution >= 4 is 0 Å². The number of halogens is 1. The van der Waals surface area contributed by atoms with Crippen LogP contribution in [-0.4, -0.2) is 42.6 Å². The number of aromatic hydroxyl groups is 1. The fourth-order valence-electron chi connectivity index (χ4n) is 3.09. The third-order valence-corrected chi connectivity index (χ3v) is 4.48. The van der Waals surface area contributed by atoms with Crippen LogP contribution < -0.4 is 4.74 Å². The largest absolute Gasteiger partial charge is 0.507 e. The fraction of sp³-hybridized carbons (Fsp3) is 0.333. The number of phenolic OH excluding ortho intramolecular Hbond substituents is 1. The summed E-state index contributed by atoms with van der Waals surface area (Å²) in [6, 6.07) is 8.45. The van der Waals surface area contributed by atoms with Crippen molar-refractivity contribution in [3.8, 4) is 28.6 Å². The summed E-state index contributed by atoms with van der Waals surface area (Å²) in [5.74, 6) is 0.346. The van der Waals surface area contributed by atoms with Gasteiger partial charge in [0, 0.05) is 17.7 Å². The molecule has 3 aromatic rings. The molecule has 1 saturated carbocycles. The van der Waals surface area contributed by atoms with Crippen molar-refractivity contribution in [1.82, 2.24) is 25.2 Å². The smallest absolute Gasteiger partial charge is 0.233 e. The molecule has 0 bridgehead atoms. The van der Waals surface area contributed by atoms with Gasteiger partial charge in [0.05, 0.1) is 23.8 Å². The van der Waals surface area contributed by atoms with Gasteiger partial charge in [0.1, 0.15) is 18.0 Å². The molecule has 1 N–H and O–H groups in total. The Balaban J connectivity index is 1.51. The van der Waals surface area contributed by atoms with Crippen molar-refractivity contribution in [2.24, 2.45) is 0 Å². The van der Waals surface area contributed by atoms with Gasteiger partial charge in [0.25, 0.3) is 0 Å². The normalized spacial score (nSPS) is 20.0. The lowest BCUT2D eigenvalue weighted by Crippen LogP contribution is -2.32. The third-order valence-electron chi connectivity index (χ3n) is 4.48. The van der Waals surface area contributed by atoms with Gasteiger partial charge in [-0.05, 0) is 37.5 Å². The number of nitrogens with zero attached hydrogens (tertiary/aromatic N) is 5. The first kappa shape index (κ1) is 16.4. The van der Waals surface area contributed by atoms with Crippen LogP contribution in [-0.2, 0) is 0 Å². The van der Waals surface area contributed by atoms with Crippen LogP contribution >= 0.6 is 0 Å². The van der Waals surface area contributed by atoms with E-state index in [9.17, 15) is 9.50 Å². The molecule has 2 heterocycles. The maximum atomic E-state index is 13.9. The van der Waals surface area contributed by atoms with Gasteiger partial charge in [-0.15, -0.1) is 15.3 Å². The predicted molar refractivity (Wildman–Crippen MR) is 91.8 cm³/mol. The Labute approximate surface area is 149 Å². The number of alkyl halides is 1. The van der Waals surface area contributed by atoms with E-state index in [1.54, 1.807) is 47.4 Å². The summed E-state index contributed by atoms with van der Waals surface area (Å²) in [7, 11) is 0. The van der Waals surface area contributed by atoms with Crippen LogP contribution in [0.4, 0.5) is 4.39 Å². The van der Waals surface area contributed by atoms with Crippen LogP contribution in [0.3, 0.4) is 0 Å². The number of benzene rings is 1. The molecule has 0 amide bonds. The monoisotopic (exact) mass is 355 g/mol. The number of phenols is 1. The van der Waals surface area contributed by atoms with E-state index in [1.165, 1.54) is 0 Å². The van der Waals surface area contributed by atoms with Gasteiger partial charge in [0.15, 0.2) is 0 Å². The molecule has 134 valence electrons. The van der Waals surface area contributed by atoms with Crippen molar-refractivity contribution < 1.29 is 14.2 Å². The molecular weight excluding hydrogens is 337 g/mol. The molecule has 8 heteroatoms. The Kier molecular flexibility index (Phi) is 4.47. The second-order valence-electron chi connectivity index (χ2n) is 6.26. The number of aromatic nitrogens is 5. The quantitative estimate of drug-likeness (QED) is 0.774. The summed E-state index contributed by atoms with van der Waals surface area (Å²) >= 11 is 0. The van der Waals surface area contributed by atoms with E-state index < -0.39 is 12.3 Å². The number of hydrogen-bond donors (Lipinski definition) is 1. The lowest BCUT2D eigenvalue weighted by molar-refractivity contribution is 0.0594. The molecule has 1 fully saturated rings. The highest BCUT2D eigenvalue weighted by molar-refractivity contribution is 5.68. The van der Waals surface area contributed by atoms with Crippen LogP contribution in [0.2, 0.25) is 0 Å². The maximum absolute atomic E-state index is 13.9. The summed E-state index contributed by atoms with van der Waals surface area (Å²) in [5, 5.41) is 26.0. The minimum atomic E-state index is -0.960. The molecule has 26 heavy (non-hydrogen) atoms. The Hall–Kier alpha value is -3.03. The highest BCUT2D eigenvalue weighted by atomic mass is 19.1. The van der Waals surface area contributed by atoms with Gasteiger partial charge < -0.3 is 9.84 Å². The van der Waals surface area contributed by atoms with Crippen LogP contribution in [0.5, 0.6) is 11.6 Å². The molecule has 0 aliphatic heterocycles. The fourth-order valence-corrected chi connectivity index (χ4v) is 3.09. The van der Waals surface area contributed by atoms with Gasteiger partial charge in [-0.25, -0.2) is 9.07 Å². The van der Waals surface area contributed by atoms with Gasteiger partial charge >= 0.3 is 0 Å². The average molecular weight is 355 g/mol. The Morgan fingerprint density at radius 2 is 2.00 bits per heavy atom. The molecule has 2 atom stereocenters. The van der Waals surface area contributed by atoms with Crippen molar-refractivity contribution in [2.45, 2.75) is 38.0 Å². The van der Waals surface area contributed by atoms with Crippen LogP contribution in [0.15, 0.2) is 42.7 Å². The zero-order valence-corrected chi connectivity index (χ0v) is 14.0. The van der Waals surface area contributed by atoms with Crippen molar-refractivity contribution in [3.63, 3.8) is 0 Å². The van der Waals surface area contributed by atoms with Gasteiger partial charge in [-0.1, -0.05) is 11.6 Å². The van der Waals surface area contributed by atoms with Gasteiger partial charge in [0.2, 0.25) is 5.88 Å². The molecule has 0 saturated heterocycles. The topological polar surface area (TPSA) is 86.0 Å². The first-order valence-corrected chi connectivity index (χ1v) is 8.55. The summed E-state index contributed by atoms with van der Waals surface area (Å²) in [6.45, 7) is 0. The Morgan fingerprint density at radius 3 is 2.69 bits per heavy atom. The predicted octanol–water partition coefficient (Wildman–Crippen LogP) is 3.09. The molecule has 2 aromatic heterocycles. The number of hydrogen-bond acceptors (Lipinski definition) is 6. The Bertz CT molecular complexity index is 870. The van der Waals surface area contributed by atoms with E-state index in [-0.39, 0.29) is 5.75 Å². The first-order chi connectivity index (χ1) is 12.7. The minimum Gasteiger partial charge on any atom is -0.507 e.